The third kappa shape index (κ3) is 3.41. The average Bonchev–Trinajstić information content (AvgIpc) is 3.34. The number of amidine groups is 1. The molecule has 1 aromatic heterocycles. The van der Waals surface area contributed by atoms with Crippen molar-refractivity contribution >= 4 is 28.4 Å². The predicted molar refractivity (Wildman–Crippen MR) is 109 cm³/mol. The van der Waals surface area contributed by atoms with E-state index in [0.717, 1.165) is 42.6 Å². The van der Waals surface area contributed by atoms with Gasteiger partial charge >= 0.3 is 0 Å². The van der Waals surface area contributed by atoms with Crippen LogP contribution in [0.4, 0.5) is 11.5 Å². The lowest BCUT2D eigenvalue weighted by Crippen LogP contribution is -2.45. The summed E-state index contributed by atoms with van der Waals surface area (Å²) in [5, 5.41) is 13.4. The zero-order chi connectivity index (χ0) is 19.0. The lowest BCUT2D eigenvalue weighted by atomic mass is 10.0. The van der Waals surface area contributed by atoms with Crippen LogP contribution in [-0.2, 0) is 9.47 Å². The van der Waals surface area contributed by atoms with Crippen LogP contribution < -0.4 is 10.2 Å². The molecule has 2 unspecified atom stereocenters. The molecule has 144 valence electrons. The highest BCUT2D eigenvalue weighted by molar-refractivity contribution is 8.15. The molecule has 0 saturated carbocycles. The summed E-state index contributed by atoms with van der Waals surface area (Å²) in [5.74, 6) is 0.420. The topological polar surface area (TPSA) is 82.8 Å². The van der Waals surface area contributed by atoms with E-state index in [9.17, 15) is 0 Å². The fraction of sp³-hybridized carbons (Fsp3) is 0.450. The molecule has 1 N–H and O–H groups in total. The number of aliphatic imine (C=N–C) groups is 1. The van der Waals surface area contributed by atoms with Gasteiger partial charge in [0, 0.05) is 49.5 Å². The number of nitrogens with one attached hydrogen (secondary N) is 1. The SMILES string of the molecule is N#CC1=CC2SC(Nc3cc(N4CCC5(CC4)OCCO5)ccn3)=NC2C=C1. The molecule has 3 aliphatic heterocycles. The van der Waals surface area contributed by atoms with Crippen molar-refractivity contribution in [3.63, 3.8) is 0 Å². The van der Waals surface area contributed by atoms with Crippen LogP contribution in [0.2, 0.25) is 0 Å². The van der Waals surface area contributed by atoms with E-state index in [1.54, 1.807) is 11.8 Å². The molecule has 0 radical (unpaired) electrons. The minimum Gasteiger partial charge on any atom is -0.371 e. The van der Waals surface area contributed by atoms with Gasteiger partial charge in [0.05, 0.1) is 30.6 Å². The number of ether oxygens (including phenoxy) is 2. The first-order valence-corrected chi connectivity index (χ1v) is 10.4. The van der Waals surface area contributed by atoms with Gasteiger partial charge in [-0.25, -0.2) is 4.98 Å². The number of hydrogen-bond acceptors (Lipinski definition) is 8. The standard InChI is InChI=1S/C20H21N5O2S/c21-13-14-1-2-16-17(11-14)28-19(23-16)24-18-12-15(3-6-22-18)25-7-4-20(5-8-25)26-9-10-27-20/h1-3,6,11-12,16-17H,4-5,7-10H2,(H,22,23,24). The summed E-state index contributed by atoms with van der Waals surface area (Å²) in [7, 11) is 0. The number of nitrogens with zero attached hydrogens (tertiary/aromatic N) is 4. The highest BCUT2D eigenvalue weighted by Crippen LogP contribution is 2.35. The van der Waals surface area contributed by atoms with Crippen LogP contribution >= 0.6 is 11.8 Å². The van der Waals surface area contributed by atoms with E-state index in [4.69, 9.17) is 19.7 Å². The molecule has 1 aromatic rings. The maximum absolute atomic E-state index is 9.07. The van der Waals surface area contributed by atoms with Crippen molar-refractivity contribution in [1.82, 2.24) is 4.98 Å². The van der Waals surface area contributed by atoms with Crippen LogP contribution in [0.25, 0.3) is 0 Å². The smallest absolute Gasteiger partial charge is 0.171 e. The molecule has 7 nitrogen and oxygen atoms in total. The Morgan fingerprint density at radius 1 is 1.29 bits per heavy atom. The van der Waals surface area contributed by atoms with E-state index in [1.165, 1.54) is 0 Å². The average molecular weight is 395 g/mol. The van der Waals surface area contributed by atoms with E-state index in [-0.39, 0.29) is 17.1 Å². The summed E-state index contributed by atoms with van der Waals surface area (Å²) in [5.41, 5.74) is 1.83. The fourth-order valence-electron chi connectivity index (χ4n) is 3.98. The molecule has 0 bridgehead atoms. The fourth-order valence-corrected chi connectivity index (χ4v) is 5.09. The molecule has 2 fully saturated rings. The van der Waals surface area contributed by atoms with Gasteiger partial charge in [-0.2, -0.15) is 5.26 Å². The molecule has 5 rings (SSSR count). The second kappa shape index (κ2) is 7.24. The second-order valence-corrected chi connectivity index (χ2v) is 8.39. The lowest BCUT2D eigenvalue weighted by Gasteiger charge is -2.38. The van der Waals surface area contributed by atoms with Crippen LogP contribution in [-0.4, -0.2) is 53.5 Å². The first-order chi connectivity index (χ1) is 13.7. The highest BCUT2D eigenvalue weighted by Gasteiger charge is 2.39. The molecule has 2 saturated heterocycles. The van der Waals surface area contributed by atoms with Crippen molar-refractivity contribution in [3.8, 4) is 6.07 Å². The van der Waals surface area contributed by atoms with Crippen molar-refractivity contribution in [1.29, 1.82) is 5.26 Å². The molecule has 4 heterocycles. The number of anilines is 2. The molecule has 0 amide bonds. The molecule has 4 aliphatic rings. The summed E-state index contributed by atoms with van der Waals surface area (Å²) < 4.78 is 11.6. The third-order valence-electron chi connectivity index (χ3n) is 5.48. The first-order valence-electron chi connectivity index (χ1n) is 9.54. The number of piperidine rings is 1. The molecule has 1 aliphatic carbocycles. The molecule has 28 heavy (non-hydrogen) atoms. The van der Waals surface area contributed by atoms with Crippen molar-refractivity contribution in [2.45, 2.75) is 29.9 Å². The number of fused-ring (bicyclic) bond motifs is 1. The minimum atomic E-state index is -0.362. The van der Waals surface area contributed by atoms with Crippen LogP contribution in [0, 0.1) is 11.3 Å². The Morgan fingerprint density at radius 2 is 2.11 bits per heavy atom. The Hall–Kier alpha value is -2.34. The predicted octanol–water partition coefficient (Wildman–Crippen LogP) is 2.70. The Morgan fingerprint density at radius 3 is 2.89 bits per heavy atom. The van der Waals surface area contributed by atoms with Gasteiger partial charge in [-0.1, -0.05) is 23.9 Å². The van der Waals surface area contributed by atoms with E-state index >= 15 is 0 Å². The summed E-state index contributed by atoms with van der Waals surface area (Å²) in [6.45, 7) is 3.20. The Bertz CT molecular complexity index is 890. The molecule has 8 heteroatoms. The zero-order valence-electron chi connectivity index (χ0n) is 15.4. The van der Waals surface area contributed by atoms with Crippen LogP contribution in [0.1, 0.15) is 12.8 Å². The van der Waals surface area contributed by atoms with Gasteiger partial charge in [0.1, 0.15) is 5.82 Å². The van der Waals surface area contributed by atoms with Crippen LogP contribution in [0.15, 0.2) is 47.1 Å². The number of rotatable bonds is 2. The summed E-state index contributed by atoms with van der Waals surface area (Å²) in [6, 6.07) is 6.37. The molecular weight excluding hydrogens is 374 g/mol. The number of thioether (sulfide) groups is 1. The molecule has 0 aromatic carbocycles. The minimum absolute atomic E-state index is 0.0810. The van der Waals surface area contributed by atoms with Crippen molar-refractivity contribution < 1.29 is 9.47 Å². The largest absolute Gasteiger partial charge is 0.371 e. The van der Waals surface area contributed by atoms with Crippen molar-refractivity contribution in [2.75, 3.05) is 36.5 Å². The van der Waals surface area contributed by atoms with Gasteiger partial charge in [0.2, 0.25) is 0 Å². The monoisotopic (exact) mass is 395 g/mol. The maximum atomic E-state index is 9.07. The maximum Gasteiger partial charge on any atom is 0.171 e. The Kier molecular flexibility index (Phi) is 4.59. The molecular formula is C20H21N5O2S. The summed E-state index contributed by atoms with van der Waals surface area (Å²) in [6.07, 6.45) is 9.40. The third-order valence-corrected chi connectivity index (χ3v) is 6.60. The lowest BCUT2D eigenvalue weighted by molar-refractivity contribution is -0.169. The number of pyridine rings is 1. The quantitative estimate of drug-likeness (QED) is 0.824. The number of hydrogen-bond donors (Lipinski definition) is 1. The normalized spacial score (nSPS) is 27.9. The number of nitriles is 1. The van der Waals surface area contributed by atoms with Crippen molar-refractivity contribution in [2.24, 2.45) is 4.99 Å². The van der Waals surface area contributed by atoms with Gasteiger partial charge < -0.3 is 19.7 Å². The van der Waals surface area contributed by atoms with Gasteiger partial charge in [-0.05, 0) is 12.1 Å². The van der Waals surface area contributed by atoms with Crippen LogP contribution in [0.3, 0.4) is 0 Å². The molecule has 1 spiro atoms. The van der Waals surface area contributed by atoms with Gasteiger partial charge in [-0.15, -0.1) is 0 Å². The van der Waals surface area contributed by atoms with Gasteiger partial charge in [0.25, 0.3) is 0 Å². The van der Waals surface area contributed by atoms with E-state index in [2.05, 4.69) is 27.3 Å². The summed E-state index contributed by atoms with van der Waals surface area (Å²) >= 11 is 1.64. The van der Waals surface area contributed by atoms with E-state index < -0.39 is 0 Å². The second-order valence-electron chi connectivity index (χ2n) is 7.22. The van der Waals surface area contributed by atoms with Gasteiger partial charge in [-0.3, -0.25) is 4.99 Å². The first kappa shape index (κ1) is 17.7. The zero-order valence-corrected chi connectivity index (χ0v) is 16.2. The van der Waals surface area contributed by atoms with Crippen LogP contribution in [0.5, 0.6) is 0 Å². The number of allylic oxidation sites excluding steroid dienone is 2. The highest BCUT2D eigenvalue weighted by atomic mass is 32.2. The van der Waals surface area contributed by atoms with Gasteiger partial charge in [0.15, 0.2) is 11.0 Å². The Balaban J connectivity index is 1.24. The Labute approximate surface area is 168 Å². The van der Waals surface area contributed by atoms with E-state index in [1.807, 2.05) is 30.5 Å². The van der Waals surface area contributed by atoms with Crippen molar-refractivity contribution in [3.05, 3.63) is 42.1 Å². The molecule has 2 atom stereocenters. The van der Waals surface area contributed by atoms with E-state index in [0.29, 0.717) is 18.8 Å². The summed E-state index contributed by atoms with van der Waals surface area (Å²) in [4.78, 5) is 11.5. The number of aromatic nitrogens is 1.